The van der Waals surface area contributed by atoms with Crippen molar-refractivity contribution in [3.05, 3.63) is 48.6 Å². The fraction of sp³-hybridized carbons (Fsp3) is 0.792. The smallest absolute Gasteiger partial charge is 0.306 e. The fourth-order valence-corrected chi connectivity index (χ4v) is 7.65. The van der Waals surface area contributed by atoms with Gasteiger partial charge in [0.05, 0.1) is 6.61 Å². The number of aliphatic hydroxyl groups is 3. The quantitative estimate of drug-likeness (QED) is 0.0198. The minimum Gasteiger partial charge on any atom is -0.462 e. The number of allylic oxidation sites excluding steroid dienone is 8. The van der Waals surface area contributed by atoms with E-state index in [0.717, 1.165) is 44.9 Å². The molecule has 12 nitrogen and oxygen atoms in total. The van der Waals surface area contributed by atoms with Crippen molar-refractivity contribution in [2.24, 2.45) is 0 Å². The molecular formula is C48H84O12S. The standard InChI is InChI=1S/C48H84O12S/c1-3-5-7-9-11-13-15-17-19-21-23-25-27-29-31-33-35-37-44(50)59-41(39-58-48-47(53)46(52)45(51)42(60-48)40-61(54,55)56)38-57-43(49)36-34-32-30-28-26-24-22-20-18-16-14-12-10-8-6-4-2/h11,13,17,19,23,25,29,31,41-42,45-48,51-53H,3-10,12,14-16,18,20-22,24,26-28,30,32-40H2,1-2H3,(H,54,55,56)/b13-11+,19-17+,25-23+,31-29+/t41-,42-,45-,46?,47?,48+/m1/s1. The molecular weight excluding hydrogens is 801 g/mol. The second-order valence-corrected chi connectivity index (χ2v) is 17.9. The predicted molar refractivity (Wildman–Crippen MR) is 242 cm³/mol. The van der Waals surface area contributed by atoms with E-state index in [4.69, 9.17) is 18.9 Å². The van der Waals surface area contributed by atoms with Gasteiger partial charge >= 0.3 is 11.9 Å². The molecule has 0 aromatic carbocycles. The van der Waals surface area contributed by atoms with Crippen molar-refractivity contribution in [3.63, 3.8) is 0 Å². The van der Waals surface area contributed by atoms with Gasteiger partial charge in [-0.05, 0) is 51.4 Å². The summed E-state index contributed by atoms with van der Waals surface area (Å²) in [4.78, 5) is 25.4. The van der Waals surface area contributed by atoms with Gasteiger partial charge in [0.1, 0.15) is 36.8 Å². The molecule has 13 heteroatoms. The van der Waals surface area contributed by atoms with Crippen LogP contribution in [0.4, 0.5) is 0 Å². The number of unbranched alkanes of at least 4 members (excludes halogenated alkanes) is 19. The van der Waals surface area contributed by atoms with Gasteiger partial charge in [0, 0.05) is 12.8 Å². The lowest BCUT2D eigenvalue weighted by Gasteiger charge is -2.40. The van der Waals surface area contributed by atoms with Gasteiger partial charge < -0.3 is 34.3 Å². The van der Waals surface area contributed by atoms with Crippen LogP contribution in [-0.2, 0) is 38.7 Å². The Labute approximate surface area is 369 Å². The molecule has 61 heavy (non-hydrogen) atoms. The van der Waals surface area contributed by atoms with E-state index in [1.165, 1.54) is 96.3 Å². The van der Waals surface area contributed by atoms with Crippen LogP contribution in [0.1, 0.15) is 187 Å². The number of ether oxygens (including phenoxy) is 4. The first-order valence-corrected chi connectivity index (χ1v) is 25.3. The highest BCUT2D eigenvalue weighted by atomic mass is 32.2. The monoisotopic (exact) mass is 885 g/mol. The predicted octanol–water partition coefficient (Wildman–Crippen LogP) is 9.95. The molecule has 1 fully saturated rings. The first kappa shape index (κ1) is 56.6. The first-order chi connectivity index (χ1) is 29.5. The number of carbonyl (C=O) groups is 2. The second-order valence-electron chi connectivity index (χ2n) is 16.4. The third-order valence-corrected chi connectivity index (χ3v) is 11.4. The number of aliphatic hydroxyl groups excluding tert-OH is 3. The number of rotatable bonds is 39. The number of hydrogen-bond donors (Lipinski definition) is 4. The zero-order valence-corrected chi connectivity index (χ0v) is 38.6. The van der Waals surface area contributed by atoms with E-state index in [1.54, 1.807) is 0 Å². The minimum absolute atomic E-state index is 0.0888. The molecule has 0 aromatic rings. The second kappa shape index (κ2) is 38.1. The van der Waals surface area contributed by atoms with Crippen molar-refractivity contribution in [3.8, 4) is 0 Å². The molecule has 0 amide bonds. The van der Waals surface area contributed by atoms with Crippen molar-refractivity contribution < 1.29 is 56.8 Å². The molecule has 1 heterocycles. The zero-order valence-electron chi connectivity index (χ0n) is 37.8. The molecule has 2 unspecified atom stereocenters. The highest BCUT2D eigenvalue weighted by Crippen LogP contribution is 2.24. The summed E-state index contributed by atoms with van der Waals surface area (Å²) in [5.41, 5.74) is 0. The van der Waals surface area contributed by atoms with Gasteiger partial charge in [0.2, 0.25) is 0 Å². The van der Waals surface area contributed by atoms with Crippen LogP contribution in [0.25, 0.3) is 0 Å². The maximum atomic E-state index is 12.8. The van der Waals surface area contributed by atoms with Crippen LogP contribution in [0.3, 0.4) is 0 Å². The van der Waals surface area contributed by atoms with Crippen molar-refractivity contribution in [1.82, 2.24) is 0 Å². The number of esters is 2. The van der Waals surface area contributed by atoms with Crippen LogP contribution in [0.2, 0.25) is 0 Å². The fourth-order valence-electron chi connectivity index (χ4n) is 6.96. The summed E-state index contributed by atoms with van der Waals surface area (Å²) < 4.78 is 54.0. The number of carbonyl (C=O) groups excluding carboxylic acids is 2. The van der Waals surface area contributed by atoms with E-state index in [2.05, 4.69) is 50.3 Å². The molecule has 4 N–H and O–H groups in total. The van der Waals surface area contributed by atoms with E-state index in [0.29, 0.717) is 19.3 Å². The van der Waals surface area contributed by atoms with Crippen LogP contribution < -0.4 is 0 Å². The molecule has 354 valence electrons. The molecule has 0 radical (unpaired) electrons. The third kappa shape index (κ3) is 32.9. The van der Waals surface area contributed by atoms with Crippen LogP contribution in [0.5, 0.6) is 0 Å². The average molecular weight is 885 g/mol. The van der Waals surface area contributed by atoms with Crippen molar-refractivity contribution in [2.75, 3.05) is 19.0 Å². The van der Waals surface area contributed by atoms with Crippen molar-refractivity contribution in [2.45, 2.75) is 224 Å². The van der Waals surface area contributed by atoms with E-state index in [9.17, 15) is 37.9 Å². The molecule has 0 saturated carbocycles. The topological polar surface area (TPSA) is 186 Å². The van der Waals surface area contributed by atoms with Crippen LogP contribution in [0, 0.1) is 0 Å². The minimum atomic E-state index is -4.61. The highest BCUT2D eigenvalue weighted by molar-refractivity contribution is 7.85. The Morgan fingerprint density at radius 3 is 1.51 bits per heavy atom. The summed E-state index contributed by atoms with van der Waals surface area (Å²) in [6.07, 6.45) is 35.9. The van der Waals surface area contributed by atoms with Gasteiger partial charge in [0.25, 0.3) is 10.1 Å². The first-order valence-electron chi connectivity index (χ1n) is 23.7. The lowest BCUT2D eigenvalue weighted by atomic mass is 10.00. The molecule has 0 bridgehead atoms. The molecule has 1 saturated heterocycles. The Balaban J connectivity index is 2.47. The van der Waals surface area contributed by atoms with Crippen molar-refractivity contribution >= 4 is 22.1 Å². The maximum Gasteiger partial charge on any atom is 0.306 e. The average Bonchev–Trinajstić information content (AvgIpc) is 3.22. The summed E-state index contributed by atoms with van der Waals surface area (Å²) in [7, 11) is -4.61. The highest BCUT2D eigenvalue weighted by Gasteiger charge is 2.46. The molecule has 1 aliphatic heterocycles. The largest absolute Gasteiger partial charge is 0.462 e. The van der Waals surface area contributed by atoms with Crippen molar-refractivity contribution in [1.29, 1.82) is 0 Å². The van der Waals surface area contributed by atoms with E-state index in [-0.39, 0.29) is 19.4 Å². The van der Waals surface area contributed by atoms with E-state index < -0.39 is 71.2 Å². The normalized spacial score (nSPS) is 20.4. The Bertz CT molecular complexity index is 1310. The van der Waals surface area contributed by atoms with Gasteiger partial charge in [0.15, 0.2) is 12.4 Å². The van der Waals surface area contributed by atoms with Gasteiger partial charge in [-0.1, -0.05) is 172 Å². The number of hydrogen-bond acceptors (Lipinski definition) is 11. The molecule has 6 atom stereocenters. The van der Waals surface area contributed by atoms with Gasteiger partial charge in [-0.3, -0.25) is 14.1 Å². The molecule has 0 aliphatic carbocycles. The summed E-state index contributed by atoms with van der Waals surface area (Å²) in [5.74, 6) is -2.05. The summed E-state index contributed by atoms with van der Waals surface area (Å²) >= 11 is 0. The van der Waals surface area contributed by atoms with Crippen LogP contribution in [-0.4, -0.2) is 96.0 Å². The summed E-state index contributed by atoms with van der Waals surface area (Å²) in [6, 6.07) is 0. The summed E-state index contributed by atoms with van der Waals surface area (Å²) in [6.45, 7) is 3.70. The summed E-state index contributed by atoms with van der Waals surface area (Å²) in [5, 5.41) is 30.9. The molecule has 0 aromatic heterocycles. The van der Waals surface area contributed by atoms with Gasteiger partial charge in [-0.15, -0.1) is 0 Å². The van der Waals surface area contributed by atoms with Crippen LogP contribution in [0.15, 0.2) is 48.6 Å². The van der Waals surface area contributed by atoms with Gasteiger partial charge in [-0.25, -0.2) is 0 Å². The molecule has 1 rings (SSSR count). The van der Waals surface area contributed by atoms with Gasteiger partial charge in [-0.2, -0.15) is 8.42 Å². The van der Waals surface area contributed by atoms with E-state index >= 15 is 0 Å². The Kier molecular flexibility index (Phi) is 35.4. The maximum absolute atomic E-state index is 12.8. The zero-order chi connectivity index (χ0) is 44.8. The lowest BCUT2D eigenvalue weighted by Crippen LogP contribution is -2.60. The third-order valence-electron chi connectivity index (χ3n) is 10.7. The lowest BCUT2D eigenvalue weighted by molar-refractivity contribution is -0.297. The van der Waals surface area contributed by atoms with Crippen LogP contribution >= 0.6 is 0 Å². The Hall–Kier alpha value is -2.39. The Morgan fingerprint density at radius 1 is 0.557 bits per heavy atom. The van der Waals surface area contributed by atoms with E-state index in [1.807, 2.05) is 12.2 Å². The molecule has 0 spiro atoms. The molecule has 1 aliphatic rings. The Morgan fingerprint density at radius 2 is 1.00 bits per heavy atom. The SMILES string of the molecule is CCCCC/C=C/C/C=C/C/C=C/C/C=C/CCCC(=O)O[C@H](COC(=O)CCCCCCCCCCCCCCCCCC)CO[C@H]1O[C@H](CS(=O)(=O)O)[C@@H](O)C(O)C1O.